The Bertz CT molecular complexity index is 570. The number of hydrogen-bond donors (Lipinski definition) is 1. The lowest BCUT2D eigenvalue weighted by Gasteiger charge is -2.15. The van der Waals surface area contributed by atoms with Gasteiger partial charge in [-0.25, -0.2) is 13.1 Å². The van der Waals surface area contributed by atoms with E-state index >= 15 is 0 Å². The lowest BCUT2D eigenvalue weighted by molar-refractivity contribution is 0.449. The molecule has 0 unspecified atom stereocenters. The molecular weight excluding hydrogens is 350 g/mol. The highest BCUT2D eigenvalue weighted by atomic mass is 79.9. The first-order valence-electron chi connectivity index (χ1n) is 6.33. The highest BCUT2D eigenvalue weighted by Gasteiger charge is 2.42. The number of hydrogen-bond acceptors (Lipinski definition) is 2. The van der Waals surface area contributed by atoms with Gasteiger partial charge in [0.05, 0.1) is 9.92 Å². The Hall–Kier alpha value is -0.100. The Morgan fingerprint density at radius 1 is 1.42 bits per heavy atom. The fraction of sp³-hybridized carbons (Fsp3) is 0.538. The molecule has 106 valence electrons. The second kappa shape index (κ2) is 5.72. The molecule has 0 atom stereocenters. The molecule has 0 bridgehead atoms. The largest absolute Gasteiger partial charge is 0.240 e. The number of halogens is 2. The molecule has 6 heteroatoms. The van der Waals surface area contributed by atoms with Gasteiger partial charge in [-0.15, -0.1) is 0 Å². The van der Waals surface area contributed by atoms with Gasteiger partial charge in [0.15, 0.2) is 0 Å². The van der Waals surface area contributed by atoms with E-state index in [9.17, 15) is 8.42 Å². The van der Waals surface area contributed by atoms with Crippen molar-refractivity contribution < 1.29 is 8.42 Å². The molecule has 0 radical (unpaired) electrons. The van der Waals surface area contributed by atoms with Gasteiger partial charge < -0.3 is 0 Å². The summed E-state index contributed by atoms with van der Waals surface area (Å²) in [6.45, 7) is 2.66. The molecule has 3 nitrogen and oxygen atoms in total. The van der Waals surface area contributed by atoms with Gasteiger partial charge in [0.2, 0.25) is 10.0 Å². The van der Waals surface area contributed by atoms with Crippen LogP contribution >= 0.6 is 27.5 Å². The first-order chi connectivity index (χ1) is 8.88. The predicted molar refractivity (Wildman–Crippen MR) is 80.9 cm³/mol. The van der Waals surface area contributed by atoms with Crippen LogP contribution in [0.1, 0.15) is 32.6 Å². The zero-order valence-corrected chi connectivity index (χ0v) is 13.9. The van der Waals surface area contributed by atoms with Crippen LogP contribution in [-0.4, -0.2) is 15.0 Å². The standard InChI is InChI=1S/C13H17BrClNO2S/c1-2-5-13(6-7-13)9-16-19(17,18)10-3-4-12(15)11(14)8-10/h3-4,8,16H,2,5-7,9H2,1H3. The van der Waals surface area contributed by atoms with Crippen molar-refractivity contribution in [3.8, 4) is 0 Å². The van der Waals surface area contributed by atoms with E-state index in [2.05, 4.69) is 27.6 Å². The zero-order valence-electron chi connectivity index (χ0n) is 10.7. The van der Waals surface area contributed by atoms with E-state index in [0.717, 1.165) is 25.7 Å². The molecule has 1 aromatic rings. The van der Waals surface area contributed by atoms with E-state index in [0.29, 0.717) is 16.0 Å². The topological polar surface area (TPSA) is 46.2 Å². The summed E-state index contributed by atoms with van der Waals surface area (Å²) < 4.78 is 27.7. The minimum atomic E-state index is -3.45. The highest BCUT2D eigenvalue weighted by Crippen LogP contribution is 2.49. The minimum Gasteiger partial charge on any atom is -0.211 e. The van der Waals surface area contributed by atoms with Crippen LogP contribution in [0.3, 0.4) is 0 Å². The molecule has 0 amide bonds. The smallest absolute Gasteiger partial charge is 0.211 e. The highest BCUT2D eigenvalue weighted by molar-refractivity contribution is 9.10. The molecule has 1 N–H and O–H groups in total. The maximum Gasteiger partial charge on any atom is 0.240 e. The SMILES string of the molecule is CCCC1(CNS(=O)(=O)c2ccc(Cl)c(Br)c2)CC1. The molecule has 0 aliphatic heterocycles. The molecule has 1 fully saturated rings. The van der Waals surface area contributed by atoms with Gasteiger partial charge in [-0.3, -0.25) is 0 Å². The van der Waals surface area contributed by atoms with Crippen molar-refractivity contribution in [1.82, 2.24) is 4.72 Å². The van der Waals surface area contributed by atoms with Gasteiger partial charge >= 0.3 is 0 Å². The lowest BCUT2D eigenvalue weighted by atomic mass is 10.0. The van der Waals surface area contributed by atoms with E-state index < -0.39 is 10.0 Å². The first-order valence-corrected chi connectivity index (χ1v) is 8.99. The van der Waals surface area contributed by atoms with Gasteiger partial charge in [-0.1, -0.05) is 24.9 Å². The Balaban J connectivity index is 2.08. The second-order valence-electron chi connectivity index (χ2n) is 5.15. The van der Waals surface area contributed by atoms with Crippen LogP contribution in [0.25, 0.3) is 0 Å². The number of sulfonamides is 1. The third-order valence-electron chi connectivity index (χ3n) is 3.58. The average molecular weight is 367 g/mol. The summed E-state index contributed by atoms with van der Waals surface area (Å²) in [6.07, 6.45) is 4.41. The van der Waals surface area contributed by atoms with Crippen molar-refractivity contribution in [3.05, 3.63) is 27.7 Å². The number of benzene rings is 1. The van der Waals surface area contributed by atoms with Crippen molar-refractivity contribution in [2.24, 2.45) is 5.41 Å². The summed E-state index contributed by atoms with van der Waals surface area (Å²) in [5.41, 5.74) is 0.200. The van der Waals surface area contributed by atoms with Gasteiger partial charge in [0.25, 0.3) is 0 Å². The summed E-state index contributed by atoms with van der Waals surface area (Å²) in [5.74, 6) is 0. The lowest BCUT2D eigenvalue weighted by Crippen LogP contribution is -2.30. The van der Waals surface area contributed by atoms with Crippen LogP contribution < -0.4 is 4.72 Å². The van der Waals surface area contributed by atoms with Crippen LogP contribution in [0.5, 0.6) is 0 Å². The van der Waals surface area contributed by atoms with E-state index in [1.807, 2.05) is 0 Å². The van der Waals surface area contributed by atoms with Crippen LogP contribution in [-0.2, 0) is 10.0 Å². The van der Waals surface area contributed by atoms with Crippen LogP contribution in [0.4, 0.5) is 0 Å². The maximum atomic E-state index is 12.2. The average Bonchev–Trinajstić information content (AvgIpc) is 3.11. The Kier molecular flexibility index (Phi) is 4.60. The third-order valence-corrected chi connectivity index (χ3v) is 6.19. The monoisotopic (exact) mass is 365 g/mol. The fourth-order valence-corrected chi connectivity index (χ4v) is 4.03. The molecule has 1 aliphatic carbocycles. The number of rotatable bonds is 6. The number of nitrogens with one attached hydrogen (secondary N) is 1. The van der Waals surface area contributed by atoms with Crippen LogP contribution in [0, 0.1) is 5.41 Å². The van der Waals surface area contributed by atoms with Gasteiger partial charge in [0.1, 0.15) is 0 Å². The Morgan fingerprint density at radius 3 is 2.63 bits per heavy atom. The summed E-state index contributed by atoms with van der Waals surface area (Å²) in [7, 11) is -3.45. The van der Waals surface area contributed by atoms with Crippen molar-refractivity contribution in [2.45, 2.75) is 37.5 Å². The molecule has 2 rings (SSSR count). The fourth-order valence-electron chi connectivity index (χ4n) is 2.20. The quantitative estimate of drug-likeness (QED) is 0.828. The zero-order chi connectivity index (χ0) is 14.1. The maximum absolute atomic E-state index is 12.2. The van der Waals surface area contributed by atoms with E-state index in [4.69, 9.17) is 11.6 Å². The predicted octanol–water partition coefficient (Wildman–Crippen LogP) is 3.96. The first kappa shape index (κ1) is 15.3. The van der Waals surface area contributed by atoms with Crippen molar-refractivity contribution in [3.63, 3.8) is 0 Å². The van der Waals surface area contributed by atoms with Gasteiger partial charge in [-0.2, -0.15) is 0 Å². The summed E-state index contributed by atoms with van der Waals surface area (Å²) in [6, 6.07) is 4.64. The summed E-state index contributed by atoms with van der Waals surface area (Å²) in [4.78, 5) is 0.246. The van der Waals surface area contributed by atoms with E-state index in [-0.39, 0.29) is 10.3 Å². The Morgan fingerprint density at radius 2 is 2.11 bits per heavy atom. The molecule has 0 spiro atoms. The minimum absolute atomic E-state index is 0.200. The van der Waals surface area contributed by atoms with E-state index in [1.54, 1.807) is 6.07 Å². The van der Waals surface area contributed by atoms with Gasteiger partial charge in [0, 0.05) is 11.0 Å². The molecular formula is C13H17BrClNO2S. The Labute approximate surface area is 127 Å². The molecule has 1 aliphatic rings. The normalized spacial score (nSPS) is 17.4. The molecule has 1 aromatic carbocycles. The van der Waals surface area contributed by atoms with Crippen molar-refractivity contribution >= 4 is 37.6 Å². The summed E-state index contributed by atoms with van der Waals surface area (Å²) >= 11 is 9.11. The van der Waals surface area contributed by atoms with Crippen LogP contribution in [0.15, 0.2) is 27.6 Å². The van der Waals surface area contributed by atoms with Crippen LogP contribution in [0.2, 0.25) is 5.02 Å². The van der Waals surface area contributed by atoms with E-state index in [1.165, 1.54) is 12.1 Å². The molecule has 0 aromatic heterocycles. The third kappa shape index (κ3) is 3.72. The summed E-state index contributed by atoms with van der Waals surface area (Å²) in [5, 5.41) is 0.503. The van der Waals surface area contributed by atoms with Gasteiger partial charge in [-0.05, 0) is 58.8 Å². The van der Waals surface area contributed by atoms with Crippen molar-refractivity contribution in [2.75, 3.05) is 6.54 Å². The molecule has 0 saturated heterocycles. The van der Waals surface area contributed by atoms with Crippen molar-refractivity contribution in [1.29, 1.82) is 0 Å². The molecule has 19 heavy (non-hydrogen) atoms. The second-order valence-corrected chi connectivity index (χ2v) is 8.18. The molecule has 0 heterocycles. The molecule has 1 saturated carbocycles.